The summed E-state index contributed by atoms with van der Waals surface area (Å²) >= 11 is 0.721. The predicted octanol–water partition coefficient (Wildman–Crippen LogP) is 3.56. The molecule has 0 saturated heterocycles. The predicted molar refractivity (Wildman–Crippen MR) is 101 cm³/mol. The van der Waals surface area contributed by atoms with Gasteiger partial charge in [-0.15, -0.1) is 11.3 Å². The van der Waals surface area contributed by atoms with E-state index in [1.165, 1.54) is 23.6 Å². The molecule has 2 heterocycles. The normalized spacial score (nSPS) is 19.6. The molecule has 0 spiro atoms. The van der Waals surface area contributed by atoms with Crippen LogP contribution in [-0.2, 0) is 4.74 Å². The van der Waals surface area contributed by atoms with E-state index in [1.807, 2.05) is 0 Å². The minimum absolute atomic E-state index is 0.0516. The fourth-order valence-electron chi connectivity index (χ4n) is 2.56. The van der Waals surface area contributed by atoms with E-state index in [1.54, 1.807) is 25.1 Å². The third-order valence-electron chi connectivity index (χ3n) is 4.01. The van der Waals surface area contributed by atoms with Gasteiger partial charge in [0.05, 0.1) is 18.7 Å². The molecule has 0 bridgehead atoms. The molecule has 7 nitrogen and oxygen atoms in total. The number of rotatable bonds is 5. The van der Waals surface area contributed by atoms with Crippen LogP contribution in [0, 0.1) is 0 Å². The summed E-state index contributed by atoms with van der Waals surface area (Å²) in [6.45, 7) is 1.67. The third-order valence-corrected chi connectivity index (χ3v) is 4.83. The number of esters is 1. The van der Waals surface area contributed by atoms with Crippen molar-refractivity contribution in [2.45, 2.75) is 25.2 Å². The number of phenolic OH excluding ortho intramolecular Hbond substituents is 1. The number of allylic oxidation sites excluding steroid dienone is 1. The first-order valence-electron chi connectivity index (χ1n) is 8.41. The Morgan fingerprint density at radius 3 is 2.76 bits per heavy atom. The Hall–Kier alpha value is -2.92. The second-order valence-corrected chi connectivity index (χ2v) is 6.86. The number of hydrogen-bond donors (Lipinski definition) is 2. The quantitative estimate of drug-likeness (QED) is 0.709. The Bertz CT molecular complexity index is 973. The highest BCUT2D eigenvalue weighted by Gasteiger charge is 2.62. The maximum absolute atomic E-state index is 13.6. The maximum Gasteiger partial charge on any atom is 0.438 e. The molecule has 0 amide bonds. The largest absolute Gasteiger partial charge is 0.507 e. The lowest BCUT2D eigenvalue weighted by atomic mass is 10.1. The molecule has 11 heteroatoms. The van der Waals surface area contributed by atoms with Crippen LogP contribution < -0.4 is 5.01 Å². The molecule has 2 aromatic rings. The van der Waals surface area contributed by atoms with E-state index in [9.17, 15) is 28.2 Å². The van der Waals surface area contributed by atoms with Crippen molar-refractivity contribution >= 4 is 34.2 Å². The molecule has 1 aromatic carbocycles. The third kappa shape index (κ3) is 4.10. The lowest BCUT2D eigenvalue weighted by Crippen LogP contribution is -2.55. The number of ether oxygens (including phenoxy) is 1. The Labute approximate surface area is 167 Å². The Kier molecular flexibility index (Phi) is 5.62. The monoisotopic (exact) mass is 427 g/mol. The van der Waals surface area contributed by atoms with Gasteiger partial charge in [0.1, 0.15) is 5.75 Å². The van der Waals surface area contributed by atoms with Gasteiger partial charge in [0.2, 0.25) is 5.13 Å². The van der Waals surface area contributed by atoms with Crippen molar-refractivity contribution < 1.29 is 32.9 Å². The van der Waals surface area contributed by atoms with Crippen LogP contribution in [0.1, 0.15) is 29.4 Å². The second kappa shape index (κ2) is 7.84. The molecule has 154 valence electrons. The van der Waals surface area contributed by atoms with Gasteiger partial charge in [0.25, 0.3) is 5.72 Å². The molecule has 3 rings (SSSR count). The molecule has 0 radical (unpaired) electrons. The lowest BCUT2D eigenvalue weighted by Gasteiger charge is -2.32. The van der Waals surface area contributed by atoms with Crippen molar-refractivity contribution in [1.82, 2.24) is 4.98 Å². The van der Waals surface area contributed by atoms with Crippen molar-refractivity contribution in [3.63, 3.8) is 0 Å². The minimum Gasteiger partial charge on any atom is -0.507 e. The van der Waals surface area contributed by atoms with Gasteiger partial charge in [0, 0.05) is 10.9 Å². The van der Waals surface area contributed by atoms with E-state index in [2.05, 4.69) is 10.1 Å². The molecule has 1 aromatic heterocycles. The molecule has 1 atom stereocenters. The average molecular weight is 427 g/mol. The van der Waals surface area contributed by atoms with Gasteiger partial charge in [-0.25, -0.2) is 9.78 Å². The van der Waals surface area contributed by atoms with Gasteiger partial charge in [-0.3, -0.25) is 0 Å². The van der Waals surface area contributed by atoms with E-state index in [4.69, 9.17) is 4.74 Å². The Balaban J connectivity index is 1.94. The van der Waals surface area contributed by atoms with Crippen molar-refractivity contribution in [2.24, 2.45) is 5.10 Å². The Morgan fingerprint density at radius 1 is 1.38 bits per heavy atom. The second-order valence-electron chi connectivity index (χ2n) is 6.02. The summed E-state index contributed by atoms with van der Waals surface area (Å²) in [4.78, 5) is 15.6. The topological polar surface area (TPSA) is 95.2 Å². The number of aromatic nitrogens is 1. The lowest BCUT2D eigenvalue weighted by molar-refractivity contribution is -0.254. The minimum atomic E-state index is -5.04. The number of hydrazone groups is 1. The van der Waals surface area contributed by atoms with Crippen LogP contribution in [0.5, 0.6) is 5.75 Å². The van der Waals surface area contributed by atoms with E-state index in [-0.39, 0.29) is 28.9 Å². The zero-order valence-corrected chi connectivity index (χ0v) is 15.9. The zero-order valence-electron chi connectivity index (χ0n) is 15.1. The molecule has 0 saturated carbocycles. The number of phenols is 1. The highest BCUT2D eigenvalue weighted by atomic mass is 32.1. The van der Waals surface area contributed by atoms with Gasteiger partial charge >= 0.3 is 12.1 Å². The number of nitrogens with zero attached hydrogens (tertiary/aromatic N) is 3. The van der Waals surface area contributed by atoms with Crippen molar-refractivity contribution in [3.8, 4) is 5.75 Å². The van der Waals surface area contributed by atoms with Crippen LogP contribution in [-0.4, -0.2) is 45.4 Å². The number of carbonyl (C=O) groups excluding carboxylic acids is 1. The molecule has 0 aliphatic carbocycles. The van der Waals surface area contributed by atoms with Gasteiger partial charge in [-0.1, -0.05) is 18.2 Å². The number of halogens is 3. The molecule has 2 N–H and O–H groups in total. The van der Waals surface area contributed by atoms with Crippen LogP contribution in [0.25, 0.3) is 6.08 Å². The number of thiazole rings is 1. The maximum atomic E-state index is 13.6. The number of carbonyl (C=O) groups is 1. The van der Waals surface area contributed by atoms with E-state index in [0.29, 0.717) is 10.6 Å². The fourth-order valence-corrected chi connectivity index (χ4v) is 3.37. The molecule has 1 aliphatic heterocycles. The number of hydrogen-bond acceptors (Lipinski definition) is 8. The first-order chi connectivity index (χ1) is 13.7. The molecular weight excluding hydrogens is 411 g/mol. The first kappa shape index (κ1) is 20.8. The van der Waals surface area contributed by atoms with E-state index >= 15 is 0 Å². The number of aromatic hydroxyl groups is 1. The molecule has 1 aliphatic rings. The van der Waals surface area contributed by atoms with Crippen molar-refractivity contribution in [1.29, 1.82) is 0 Å². The first-order valence-corrected chi connectivity index (χ1v) is 9.29. The van der Waals surface area contributed by atoms with Crippen LogP contribution in [0.2, 0.25) is 0 Å². The summed E-state index contributed by atoms with van der Waals surface area (Å²) < 4.78 is 45.6. The number of aliphatic hydroxyl groups is 1. The fraction of sp³-hybridized carbons (Fsp3) is 0.278. The number of alkyl halides is 3. The summed E-state index contributed by atoms with van der Waals surface area (Å²) in [6.07, 6.45) is -3.24. The SMILES string of the molecule is CCOC(=O)c1csc(N2N=C(/C=C/c3ccccc3O)CC2(O)C(F)(F)F)n1. The number of anilines is 1. The van der Waals surface area contributed by atoms with E-state index in [0.717, 1.165) is 11.3 Å². The Morgan fingerprint density at radius 2 is 2.10 bits per heavy atom. The molecule has 29 heavy (non-hydrogen) atoms. The van der Waals surface area contributed by atoms with Crippen LogP contribution in [0.15, 0.2) is 40.8 Å². The smallest absolute Gasteiger partial charge is 0.438 e. The zero-order chi connectivity index (χ0) is 21.2. The van der Waals surface area contributed by atoms with Gasteiger partial charge in [0.15, 0.2) is 5.69 Å². The average Bonchev–Trinajstić information content (AvgIpc) is 3.26. The molecule has 0 fully saturated rings. The van der Waals surface area contributed by atoms with Gasteiger partial charge in [-0.05, 0) is 25.1 Å². The van der Waals surface area contributed by atoms with Gasteiger partial charge in [-0.2, -0.15) is 23.3 Å². The van der Waals surface area contributed by atoms with E-state index < -0.39 is 24.3 Å². The summed E-state index contributed by atoms with van der Waals surface area (Å²) in [5.41, 5.74) is -3.20. The van der Waals surface area contributed by atoms with Crippen LogP contribution in [0.3, 0.4) is 0 Å². The van der Waals surface area contributed by atoms with Crippen LogP contribution >= 0.6 is 11.3 Å². The standard InChI is InChI=1S/C18H16F3N3O4S/c1-2-28-15(26)13-10-29-16(22-13)24-17(27,18(19,20)21)9-12(23-24)8-7-11-5-3-4-6-14(11)25/h3-8,10,25,27H,2,9H2,1H3/b8-7+. The van der Waals surface area contributed by atoms with Gasteiger partial charge < -0.3 is 14.9 Å². The number of benzene rings is 1. The molecular formula is C18H16F3N3O4S. The van der Waals surface area contributed by atoms with Crippen LogP contribution in [0.4, 0.5) is 18.3 Å². The summed E-state index contributed by atoms with van der Waals surface area (Å²) in [6, 6.07) is 6.26. The summed E-state index contributed by atoms with van der Waals surface area (Å²) in [5, 5.41) is 25.3. The molecule has 1 unspecified atom stereocenters. The number of para-hydroxylation sites is 1. The highest BCUT2D eigenvalue weighted by molar-refractivity contribution is 7.14. The summed E-state index contributed by atoms with van der Waals surface area (Å²) in [7, 11) is 0. The van der Waals surface area contributed by atoms with Crippen molar-refractivity contribution in [3.05, 3.63) is 47.0 Å². The highest BCUT2D eigenvalue weighted by Crippen LogP contribution is 2.43. The van der Waals surface area contributed by atoms with Crippen molar-refractivity contribution in [2.75, 3.05) is 11.6 Å². The summed E-state index contributed by atoms with van der Waals surface area (Å²) in [5.74, 6) is -0.835.